The fraction of sp³-hybridized carbons (Fsp3) is 0.250. The Kier molecular flexibility index (Phi) is 7.98. The van der Waals surface area contributed by atoms with Crippen LogP contribution in [0.3, 0.4) is 0 Å². The Morgan fingerprint density at radius 2 is 1.48 bits per heavy atom. The maximum absolute atomic E-state index is 8.80. The number of halogens is 2. The van der Waals surface area contributed by atoms with E-state index in [4.69, 9.17) is 34.0 Å². The summed E-state index contributed by atoms with van der Waals surface area (Å²) in [7, 11) is 0. The topological polar surface area (TPSA) is 58.3 Å². The Hall–Kier alpha value is -1.42. The zero-order valence-corrected chi connectivity index (χ0v) is 13.4. The number of aliphatic hydroxyl groups excluding tert-OH is 1. The predicted octanol–water partition coefficient (Wildman–Crippen LogP) is 4.30. The van der Waals surface area contributed by atoms with Crippen LogP contribution in [0.15, 0.2) is 48.5 Å². The molecule has 2 rings (SSSR count). The van der Waals surface area contributed by atoms with Crippen LogP contribution in [0.1, 0.15) is 6.92 Å². The largest absolute Gasteiger partial charge is 0.399 e. The first-order chi connectivity index (χ1) is 10.0. The van der Waals surface area contributed by atoms with Crippen molar-refractivity contribution in [1.29, 1.82) is 0 Å². The van der Waals surface area contributed by atoms with Gasteiger partial charge >= 0.3 is 0 Å². The number of nitrogen functional groups attached to an aromatic ring is 1. The van der Waals surface area contributed by atoms with Gasteiger partial charge in [0.1, 0.15) is 0 Å². The number of benzene rings is 2. The van der Waals surface area contributed by atoms with Crippen LogP contribution in [-0.4, -0.2) is 18.3 Å². The van der Waals surface area contributed by atoms with E-state index >= 15 is 0 Å². The highest BCUT2D eigenvalue weighted by Crippen LogP contribution is 2.13. The normalized spacial score (nSPS) is 11.2. The third-order valence-electron chi connectivity index (χ3n) is 2.68. The van der Waals surface area contributed by atoms with Crippen molar-refractivity contribution >= 4 is 34.6 Å². The Morgan fingerprint density at radius 1 is 1.00 bits per heavy atom. The van der Waals surface area contributed by atoms with Crippen LogP contribution in [0.2, 0.25) is 10.0 Å². The molecule has 1 atom stereocenters. The molecule has 0 heterocycles. The van der Waals surface area contributed by atoms with Gasteiger partial charge in [0.25, 0.3) is 0 Å². The van der Waals surface area contributed by atoms with Gasteiger partial charge in [0, 0.05) is 34.6 Å². The predicted molar refractivity (Wildman–Crippen MR) is 92.1 cm³/mol. The van der Waals surface area contributed by atoms with Crippen LogP contribution < -0.4 is 11.1 Å². The first kappa shape index (κ1) is 17.6. The summed E-state index contributed by atoms with van der Waals surface area (Å²) in [5.74, 6) is 0.274. The molecular formula is C16H20Cl2N2O. The van der Waals surface area contributed by atoms with Gasteiger partial charge in [-0.05, 0) is 54.4 Å². The molecule has 0 saturated carbocycles. The van der Waals surface area contributed by atoms with Crippen LogP contribution >= 0.6 is 23.2 Å². The second kappa shape index (κ2) is 9.50. The maximum atomic E-state index is 8.80. The fourth-order valence-corrected chi connectivity index (χ4v) is 1.64. The van der Waals surface area contributed by atoms with Crippen LogP contribution in [0.25, 0.3) is 0 Å². The Balaban J connectivity index is 0.000000235. The van der Waals surface area contributed by atoms with Gasteiger partial charge in [0.05, 0.1) is 0 Å². The zero-order chi connectivity index (χ0) is 15.7. The molecular weight excluding hydrogens is 307 g/mol. The minimum atomic E-state index is 0.209. The first-order valence-electron chi connectivity index (χ1n) is 6.62. The van der Waals surface area contributed by atoms with Gasteiger partial charge in [-0.3, -0.25) is 0 Å². The molecule has 2 aromatic rings. The first-order valence-corrected chi connectivity index (χ1v) is 7.38. The number of nitrogens with two attached hydrogens (primary N) is 1. The van der Waals surface area contributed by atoms with Crippen LogP contribution in [0.4, 0.5) is 11.4 Å². The van der Waals surface area contributed by atoms with Crippen molar-refractivity contribution in [3.05, 3.63) is 58.6 Å². The second-order valence-electron chi connectivity index (χ2n) is 4.73. The van der Waals surface area contributed by atoms with E-state index in [0.29, 0.717) is 0 Å². The molecule has 2 aromatic carbocycles. The summed E-state index contributed by atoms with van der Waals surface area (Å²) < 4.78 is 0. The smallest absolute Gasteiger partial charge is 0.0473 e. The van der Waals surface area contributed by atoms with Crippen molar-refractivity contribution in [2.75, 3.05) is 24.2 Å². The Labute approximate surface area is 135 Å². The quantitative estimate of drug-likeness (QED) is 0.734. The number of aliphatic hydroxyl groups is 1. The average Bonchev–Trinajstić information content (AvgIpc) is 2.50. The highest BCUT2D eigenvalue weighted by molar-refractivity contribution is 6.30. The zero-order valence-electron chi connectivity index (χ0n) is 11.9. The van der Waals surface area contributed by atoms with E-state index in [1.54, 1.807) is 24.3 Å². The molecule has 0 radical (unpaired) electrons. The molecule has 0 aliphatic heterocycles. The summed E-state index contributed by atoms with van der Waals surface area (Å²) in [5.41, 5.74) is 7.14. The average molecular weight is 327 g/mol. The van der Waals surface area contributed by atoms with Gasteiger partial charge in [-0.1, -0.05) is 30.1 Å². The molecule has 0 spiro atoms. The van der Waals surface area contributed by atoms with E-state index in [0.717, 1.165) is 28.0 Å². The highest BCUT2D eigenvalue weighted by atomic mass is 35.5. The second-order valence-corrected chi connectivity index (χ2v) is 5.60. The molecule has 0 saturated heterocycles. The van der Waals surface area contributed by atoms with Crippen molar-refractivity contribution in [2.45, 2.75) is 6.92 Å². The molecule has 0 amide bonds. The monoisotopic (exact) mass is 326 g/mol. The van der Waals surface area contributed by atoms with Crippen molar-refractivity contribution in [3.8, 4) is 0 Å². The third kappa shape index (κ3) is 7.81. The number of hydrogen-bond donors (Lipinski definition) is 3. The summed E-state index contributed by atoms with van der Waals surface area (Å²) in [6.45, 7) is 2.97. The lowest BCUT2D eigenvalue weighted by Crippen LogP contribution is -2.14. The molecule has 0 aliphatic carbocycles. The number of hydrogen-bond acceptors (Lipinski definition) is 3. The minimum absolute atomic E-state index is 0.209. The molecule has 0 bridgehead atoms. The molecule has 0 aliphatic rings. The van der Waals surface area contributed by atoms with E-state index in [2.05, 4.69) is 5.32 Å². The number of rotatable bonds is 4. The minimum Gasteiger partial charge on any atom is -0.399 e. The molecule has 21 heavy (non-hydrogen) atoms. The number of anilines is 2. The van der Waals surface area contributed by atoms with E-state index in [9.17, 15) is 0 Å². The summed E-state index contributed by atoms with van der Waals surface area (Å²) in [5, 5.41) is 13.5. The molecule has 0 fully saturated rings. The maximum Gasteiger partial charge on any atom is 0.0473 e. The standard InChI is InChI=1S/C10H14ClNO.C6H6ClN/c1-8(7-13)6-12-10-4-2-9(11)3-5-10;7-5-1-3-6(8)4-2-5/h2-5,8,12-13H,6-7H2,1H3;1-4H,8H2. The van der Waals surface area contributed by atoms with Crippen LogP contribution in [-0.2, 0) is 0 Å². The Morgan fingerprint density at radius 3 is 1.90 bits per heavy atom. The molecule has 1 unspecified atom stereocenters. The van der Waals surface area contributed by atoms with Crippen LogP contribution in [0.5, 0.6) is 0 Å². The van der Waals surface area contributed by atoms with Crippen LogP contribution in [0, 0.1) is 5.92 Å². The summed E-state index contributed by atoms with van der Waals surface area (Å²) >= 11 is 11.3. The van der Waals surface area contributed by atoms with Gasteiger partial charge in [-0.25, -0.2) is 0 Å². The van der Waals surface area contributed by atoms with Gasteiger partial charge in [0.15, 0.2) is 0 Å². The molecule has 0 aromatic heterocycles. The molecule has 114 valence electrons. The summed E-state index contributed by atoms with van der Waals surface area (Å²) in [6, 6.07) is 14.6. The van der Waals surface area contributed by atoms with E-state index in [-0.39, 0.29) is 12.5 Å². The Bertz CT molecular complexity index is 494. The summed E-state index contributed by atoms with van der Waals surface area (Å²) in [6.07, 6.45) is 0. The lowest BCUT2D eigenvalue weighted by atomic mass is 10.2. The van der Waals surface area contributed by atoms with Crippen molar-refractivity contribution < 1.29 is 5.11 Å². The lowest BCUT2D eigenvalue weighted by molar-refractivity contribution is 0.244. The SMILES string of the molecule is CC(CO)CNc1ccc(Cl)cc1.Nc1ccc(Cl)cc1. The number of nitrogens with one attached hydrogen (secondary N) is 1. The molecule has 3 nitrogen and oxygen atoms in total. The fourth-order valence-electron chi connectivity index (χ4n) is 1.39. The van der Waals surface area contributed by atoms with Gasteiger partial charge in [-0.15, -0.1) is 0 Å². The molecule has 5 heteroatoms. The van der Waals surface area contributed by atoms with Gasteiger partial charge in [-0.2, -0.15) is 0 Å². The van der Waals surface area contributed by atoms with Crippen molar-refractivity contribution in [3.63, 3.8) is 0 Å². The van der Waals surface area contributed by atoms with E-state index < -0.39 is 0 Å². The highest BCUT2D eigenvalue weighted by Gasteiger charge is 1.98. The third-order valence-corrected chi connectivity index (χ3v) is 3.18. The van der Waals surface area contributed by atoms with E-state index in [1.807, 2.05) is 31.2 Å². The lowest BCUT2D eigenvalue weighted by Gasteiger charge is -2.10. The van der Waals surface area contributed by atoms with Gasteiger partial charge < -0.3 is 16.2 Å². The van der Waals surface area contributed by atoms with Gasteiger partial charge in [0.2, 0.25) is 0 Å². The van der Waals surface area contributed by atoms with Crippen molar-refractivity contribution in [2.24, 2.45) is 5.92 Å². The van der Waals surface area contributed by atoms with E-state index in [1.165, 1.54) is 0 Å². The summed E-state index contributed by atoms with van der Waals surface area (Å²) in [4.78, 5) is 0. The van der Waals surface area contributed by atoms with Crippen molar-refractivity contribution in [1.82, 2.24) is 0 Å². The molecule has 4 N–H and O–H groups in total.